The summed E-state index contributed by atoms with van der Waals surface area (Å²) in [5.74, 6) is -0.317. The van der Waals surface area contributed by atoms with Crippen LogP contribution in [-0.2, 0) is 28.9 Å². The zero-order valence-electron chi connectivity index (χ0n) is 45.3. The van der Waals surface area contributed by atoms with Crippen molar-refractivity contribution < 1.29 is 54.1 Å². The van der Waals surface area contributed by atoms with Gasteiger partial charge in [0.1, 0.15) is 11.2 Å². The van der Waals surface area contributed by atoms with E-state index in [2.05, 4.69) is 58.8 Å². The number of hydrogen-bond acceptors (Lipinski definition) is 9. The minimum absolute atomic E-state index is 0.225. The fourth-order valence-electron chi connectivity index (χ4n) is 9.61. The first-order valence-electron chi connectivity index (χ1n) is 26.3. The van der Waals surface area contributed by atoms with E-state index in [0.717, 1.165) is 55.1 Å². The smallest absolute Gasteiger partial charge is 0.444 e. The molecule has 0 aromatic heterocycles. The molecule has 1 fully saturated rings. The first kappa shape index (κ1) is 57.1. The highest BCUT2D eigenvalue weighted by Crippen LogP contribution is 2.41. The van der Waals surface area contributed by atoms with E-state index in [0.29, 0.717) is 37.0 Å². The lowest BCUT2D eigenvalue weighted by Crippen LogP contribution is -2.41. The number of ether oxygens (including phenoxy) is 2. The molecule has 16 heteroatoms. The number of amides is 2. The van der Waals surface area contributed by atoms with Gasteiger partial charge in [-0.25, -0.2) is 9.59 Å². The first-order valence-corrected chi connectivity index (χ1v) is 27.7. The highest BCUT2D eigenvalue weighted by Gasteiger charge is 2.52. The van der Waals surface area contributed by atoms with Crippen LogP contribution in [0, 0.1) is 0 Å². The van der Waals surface area contributed by atoms with Crippen molar-refractivity contribution in [3.8, 4) is 5.75 Å². The topological polar surface area (TPSA) is 121 Å². The Bertz CT molecular complexity index is 2970. The molecular weight excluding hydrogens is 981 g/mol. The average molecular weight is 1060 g/mol. The van der Waals surface area contributed by atoms with Crippen molar-refractivity contribution in [3.63, 3.8) is 0 Å². The number of halogens is 3. The summed E-state index contributed by atoms with van der Waals surface area (Å²) in [7, 11) is -6.01. The van der Waals surface area contributed by atoms with Gasteiger partial charge < -0.3 is 32.8 Å². The Balaban J connectivity index is 0.000000166. The van der Waals surface area contributed by atoms with Crippen molar-refractivity contribution in [2.75, 3.05) is 26.2 Å². The average Bonchev–Trinajstić information content (AvgIpc) is 3.58. The molecule has 3 aliphatic heterocycles. The molecule has 5 aliphatic rings. The maximum Gasteiger partial charge on any atom is 0.534 e. The number of fused-ring (bicyclic) bond motifs is 2. The molecule has 0 saturated carbocycles. The molecule has 2 aliphatic carbocycles. The molecule has 11 nitrogen and oxygen atoms in total. The Labute approximate surface area is 442 Å². The number of benzene rings is 4. The zero-order valence-corrected chi connectivity index (χ0v) is 46.1. The Morgan fingerprint density at radius 3 is 1.36 bits per heavy atom. The third-order valence-corrected chi connectivity index (χ3v) is 15.2. The van der Waals surface area contributed by atoms with Crippen LogP contribution in [0.5, 0.6) is 5.75 Å². The molecule has 0 bridgehead atoms. The standard InChI is InChI=1S/C26H31NO2.C17H15F3O3S.C16H28BNO4/c1-26(2,3)29-25(28)27-17-15-20(16-18-27)22-14-13-21(19-9-5-4-6-10-19)23-11-7-8-12-24(22)23;18-17(19,20)24(21,22)23-16-11-10-13(12-6-2-1-3-7-12)14-8-4-5-9-15(14)16;1-14(2,3)20-13(19)18-10-8-12(9-11-18)17-21-15(4,5)16(6,7)22-17/h7-9,11-15H,4-6,10,16-18H2,1-3H3;4-6,8-11H,1-3,7H2;8H,9-11H2,1-7H3. The largest absolute Gasteiger partial charge is 0.534 e. The van der Waals surface area contributed by atoms with E-state index >= 15 is 0 Å². The van der Waals surface area contributed by atoms with Crippen molar-refractivity contribution in [2.24, 2.45) is 0 Å². The van der Waals surface area contributed by atoms with E-state index in [1.165, 1.54) is 64.8 Å². The maximum atomic E-state index is 12.6. The van der Waals surface area contributed by atoms with E-state index in [4.69, 9.17) is 18.8 Å². The molecule has 0 atom stereocenters. The molecule has 0 N–H and O–H groups in total. The van der Waals surface area contributed by atoms with E-state index in [1.54, 1.807) is 40.1 Å². The Hall–Kier alpha value is -5.58. The van der Waals surface area contributed by atoms with Gasteiger partial charge in [0, 0.05) is 31.6 Å². The van der Waals surface area contributed by atoms with Crippen LogP contribution in [0.15, 0.2) is 103 Å². The fraction of sp³-hybridized carbons (Fsp3) is 0.492. The number of carbonyl (C=O) groups is 2. The van der Waals surface area contributed by atoms with Gasteiger partial charge in [0.05, 0.1) is 11.2 Å². The van der Waals surface area contributed by atoms with E-state index in [9.17, 15) is 31.2 Å². The van der Waals surface area contributed by atoms with Crippen LogP contribution in [0.25, 0.3) is 38.3 Å². The lowest BCUT2D eigenvalue weighted by molar-refractivity contribution is -0.0499. The Morgan fingerprint density at radius 2 is 0.973 bits per heavy atom. The number of rotatable bonds is 6. The summed E-state index contributed by atoms with van der Waals surface area (Å²) in [6.07, 6.45) is 18.9. The number of allylic oxidation sites excluding steroid dienone is 4. The van der Waals surface area contributed by atoms with Crippen LogP contribution < -0.4 is 4.18 Å². The molecule has 0 spiro atoms. The van der Waals surface area contributed by atoms with Crippen molar-refractivity contribution in [2.45, 2.75) is 161 Å². The molecule has 4 aromatic carbocycles. The van der Waals surface area contributed by atoms with Gasteiger partial charge in [-0.2, -0.15) is 21.6 Å². The van der Waals surface area contributed by atoms with E-state index in [1.807, 2.05) is 75.3 Å². The molecule has 1 saturated heterocycles. The van der Waals surface area contributed by atoms with E-state index < -0.39 is 26.8 Å². The normalized spacial score (nSPS) is 19.1. The third kappa shape index (κ3) is 14.3. The van der Waals surface area contributed by atoms with E-state index in [-0.39, 0.29) is 36.3 Å². The molecule has 0 radical (unpaired) electrons. The van der Waals surface area contributed by atoms with Crippen molar-refractivity contribution in [3.05, 3.63) is 119 Å². The molecule has 75 heavy (non-hydrogen) atoms. The molecule has 3 heterocycles. The van der Waals surface area contributed by atoms with Crippen LogP contribution in [0.1, 0.15) is 150 Å². The SMILES string of the molecule is CC(C)(C)OC(=O)N1CC=C(B2OC(C)(C)C(C)(C)O2)CC1.CC(C)(C)OC(=O)N1CC=C(c2ccc(C3=CCCCC3)c3ccccc23)CC1.O=S(=O)(Oc1ccc(C2=CCCCC2)c2ccccc12)C(F)(F)F. The second kappa shape index (κ2) is 22.9. The van der Waals surface area contributed by atoms with Crippen molar-refractivity contribution >= 4 is 67.7 Å². The van der Waals surface area contributed by atoms with Crippen molar-refractivity contribution in [1.82, 2.24) is 9.80 Å². The van der Waals surface area contributed by atoms with Gasteiger partial charge in [0.2, 0.25) is 0 Å². The summed E-state index contributed by atoms with van der Waals surface area (Å²) in [4.78, 5) is 27.9. The molecular formula is C59H74BF3N2O9S. The summed E-state index contributed by atoms with van der Waals surface area (Å²) in [5.41, 5.74) is 1.59. The zero-order chi connectivity index (χ0) is 54.6. The predicted molar refractivity (Wildman–Crippen MR) is 293 cm³/mol. The summed E-state index contributed by atoms with van der Waals surface area (Å²) in [5, 5.41) is 3.68. The quantitative estimate of drug-likeness (QED) is 0.106. The fourth-order valence-corrected chi connectivity index (χ4v) is 10.1. The lowest BCUT2D eigenvalue weighted by Gasteiger charge is -2.32. The number of alkyl halides is 3. The van der Waals surface area contributed by atoms with Gasteiger partial charge in [-0.15, -0.1) is 0 Å². The molecule has 9 rings (SSSR count). The lowest BCUT2D eigenvalue weighted by atomic mass is 9.75. The highest BCUT2D eigenvalue weighted by atomic mass is 32.2. The van der Waals surface area contributed by atoms with Crippen LogP contribution in [0.2, 0.25) is 0 Å². The number of carbonyl (C=O) groups excluding carboxylic acids is 2. The van der Waals surface area contributed by atoms with Gasteiger partial charge in [-0.1, -0.05) is 91.0 Å². The van der Waals surface area contributed by atoms with Gasteiger partial charge in [0.15, 0.2) is 5.75 Å². The second-order valence-corrected chi connectivity index (χ2v) is 24.3. The third-order valence-electron chi connectivity index (χ3n) is 14.2. The van der Waals surface area contributed by atoms with Gasteiger partial charge in [-0.05, 0) is 195 Å². The molecule has 0 unspecified atom stereocenters. The van der Waals surface area contributed by atoms with Crippen molar-refractivity contribution in [1.29, 1.82) is 0 Å². The van der Waals surface area contributed by atoms with Gasteiger partial charge >= 0.3 is 34.9 Å². The molecule has 2 amide bonds. The summed E-state index contributed by atoms with van der Waals surface area (Å²) < 4.78 is 87.7. The summed E-state index contributed by atoms with van der Waals surface area (Å²) >= 11 is 0. The molecule has 404 valence electrons. The summed E-state index contributed by atoms with van der Waals surface area (Å²) in [6, 6.07) is 23.0. The Kier molecular flexibility index (Phi) is 17.5. The van der Waals surface area contributed by atoms with Gasteiger partial charge in [0.25, 0.3) is 0 Å². The monoisotopic (exact) mass is 1050 g/mol. The van der Waals surface area contributed by atoms with Gasteiger partial charge in [-0.3, -0.25) is 0 Å². The second-order valence-electron chi connectivity index (χ2n) is 22.7. The maximum absolute atomic E-state index is 12.6. The highest BCUT2D eigenvalue weighted by molar-refractivity contribution is 7.88. The van der Waals surface area contributed by atoms with Crippen LogP contribution in [0.4, 0.5) is 22.8 Å². The number of hydrogen-bond donors (Lipinski definition) is 0. The Morgan fingerprint density at radius 1 is 0.560 bits per heavy atom. The number of nitrogens with zero attached hydrogens (tertiary/aromatic N) is 2. The van der Waals surface area contributed by atoms with Crippen LogP contribution in [-0.4, -0.2) is 91.6 Å². The summed E-state index contributed by atoms with van der Waals surface area (Å²) in [6.45, 7) is 22.0. The minimum atomic E-state index is -5.69. The predicted octanol–water partition coefficient (Wildman–Crippen LogP) is 15.0. The van der Waals surface area contributed by atoms with Crippen LogP contribution >= 0.6 is 0 Å². The first-order chi connectivity index (χ1) is 35.1. The van der Waals surface area contributed by atoms with Crippen LogP contribution in [0.3, 0.4) is 0 Å². The molecule has 4 aromatic rings. The minimum Gasteiger partial charge on any atom is -0.444 e.